The maximum absolute atomic E-state index is 11.8. The van der Waals surface area contributed by atoms with Crippen LogP contribution in [0.1, 0.15) is 16.1 Å². The first-order valence-electron chi connectivity index (χ1n) is 5.33. The van der Waals surface area contributed by atoms with Crippen molar-refractivity contribution in [2.45, 2.75) is 6.42 Å². The van der Waals surface area contributed by atoms with Gasteiger partial charge in [0.25, 0.3) is 5.91 Å². The lowest BCUT2D eigenvalue weighted by Gasteiger charge is -2.07. The van der Waals surface area contributed by atoms with Gasteiger partial charge in [-0.1, -0.05) is 17.3 Å². The fraction of sp³-hybridized carbons (Fsp3) is 0.0909. The Morgan fingerprint density at radius 1 is 1.26 bits per heavy atom. The molecule has 1 aromatic carbocycles. The van der Waals surface area contributed by atoms with E-state index in [1.807, 2.05) is 0 Å². The summed E-state index contributed by atoms with van der Waals surface area (Å²) in [7, 11) is 0. The first kappa shape index (κ1) is 12.6. The number of nitrogens with one attached hydrogen (secondary N) is 1. The van der Waals surface area contributed by atoms with Gasteiger partial charge in [0, 0.05) is 0 Å². The van der Waals surface area contributed by atoms with Crippen LogP contribution in [-0.2, 0) is 11.2 Å². The second-order valence-electron chi connectivity index (χ2n) is 3.73. The quantitative estimate of drug-likeness (QED) is 0.704. The van der Waals surface area contributed by atoms with Crippen LogP contribution in [0.25, 0.3) is 0 Å². The van der Waals surface area contributed by atoms with Crippen molar-refractivity contribution in [1.29, 1.82) is 0 Å². The molecule has 0 bridgehead atoms. The molecule has 19 heavy (non-hydrogen) atoms. The molecule has 0 fully saturated rings. The van der Waals surface area contributed by atoms with Crippen molar-refractivity contribution in [2.24, 2.45) is 5.73 Å². The van der Waals surface area contributed by atoms with Crippen LogP contribution in [-0.4, -0.2) is 22.1 Å². The van der Waals surface area contributed by atoms with Crippen molar-refractivity contribution in [2.75, 3.05) is 11.1 Å². The number of hydrogen-bond acceptors (Lipinski definition) is 6. The van der Waals surface area contributed by atoms with Crippen LogP contribution in [0, 0.1) is 0 Å². The van der Waals surface area contributed by atoms with Crippen LogP contribution < -0.4 is 16.8 Å². The molecule has 1 heterocycles. The molecule has 1 aromatic heterocycles. The SMILES string of the molecule is NC(=O)c1ccccc1NC(=O)Cc1nonc1N. The fourth-order valence-corrected chi connectivity index (χ4v) is 1.49. The number of carbonyl (C=O) groups is 2. The minimum Gasteiger partial charge on any atom is -0.379 e. The maximum Gasteiger partial charge on any atom is 0.250 e. The molecule has 0 unspecified atom stereocenters. The molecule has 0 aliphatic heterocycles. The van der Waals surface area contributed by atoms with E-state index in [4.69, 9.17) is 11.5 Å². The van der Waals surface area contributed by atoms with Crippen LogP contribution in [0.3, 0.4) is 0 Å². The van der Waals surface area contributed by atoms with E-state index in [9.17, 15) is 9.59 Å². The Kier molecular flexibility index (Phi) is 3.42. The zero-order chi connectivity index (χ0) is 13.8. The molecule has 0 atom stereocenters. The second kappa shape index (κ2) is 5.17. The summed E-state index contributed by atoms with van der Waals surface area (Å²) in [4.78, 5) is 23.0. The van der Waals surface area contributed by atoms with E-state index >= 15 is 0 Å². The van der Waals surface area contributed by atoms with E-state index < -0.39 is 11.8 Å². The summed E-state index contributed by atoms with van der Waals surface area (Å²) in [6.45, 7) is 0. The van der Waals surface area contributed by atoms with Gasteiger partial charge in [-0.2, -0.15) is 0 Å². The van der Waals surface area contributed by atoms with Crippen LogP contribution in [0.4, 0.5) is 11.5 Å². The first-order chi connectivity index (χ1) is 9.08. The number of para-hydroxylation sites is 1. The lowest BCUT2D eigenvalue weighted by molar-refractivity contribution is -0.115. The zero-order valence-electron chi connectivity index (χ0n) is 9.79. The summed E-state index contributed by atoms with van der Waals surface area (Å²) in [6.07, 6.45) is -0.109. The molecule has 5 N–H and O–H groups in total. The largest absolute Gasteiger partial charge is 0.379 e. The number of primary amides is 1. The summed E-state index contributed by atoms with van der Waals surface area (Å²) in [5.41, 5.74) is 11.4. The Morgan fingerprint density at radius 2 is 2.00 bits per heavy atom. The monoisotopic (exact) mass is 261 g/mol. The molecule has 2 aromatic rings. The Bertz CT molecular complexity index is 622. The highest BCUT2D eigenvalue weighted by Gasteiger charge is 2.14. The molecule has 0 saturated carbocycles. The molecule has 2 rings (SSSR count). The lowest BCUT2D eigenvalue weighted by Crippen LogP contribution is -2.19. The Balaban J connectivity index is 2.11. The van der Waals surface area contributed by atoms with E-state index in [-0.39, 0.29) is 23.5 Å². The number of rotatable bonds is 4. The second-order valence-corrected chi connectivity index (χ2v) is 3.73. The van der Waals surface area contributed by atoms with Gasteiger partial charge in [0.05, 0.1) is 17.7 Å². The van der Waals surface area contributed by atoms with Gasteiger partial charge >= 0.3 is 0 Å². The van der Waals surface area contributed by atoms with Gasteiger partial charge in [-0.15, -0.1) is 0 Å². The highest BCUT2D eigenvalue weighted by Crippen LogP contribution is 2.15. The minimum atomic E-state index is -0.626. The normalized spacial score (nSPS) is 10.1. The Labute approximate surface area is 107 Å². The molecule has 2 amide bonds. The fourth-order valence-electron chi connectivity index (χ4n) is 1.49. The molecule has 8 nitrogen and oxygen atoms in total. The van der Waals surface area contributed by atoms with Crippen LogP contribution in [0.5, 0.6) is 0 Å². The third kappa shape index (κ3) is 2.86. The summed E-state index contributed by atoms with van der Waals surface area (Å²) in [6, 6.07) is 6.41. The van der Waals surface area contributed by atoms with E-state index in [2.05, 4.69) is 20.3 Å². The van der Waals surface area contributed by atoms with Crippen molar-refractivity contribution in [3.8, 4) is 0 Å². The number of carbonyl (C=O) groups excluding carboxylic acids is 2. The standard InChI is InChI=1S/C11H11N5O3/c12-10-8(15-19-16-10)5-9(17)14-7-4-2-1-3-6(7)11(13)18/h1-4H,5H2,(H2,12,16)(H2,13,18)(H,14,17). The Morgan fingerprint density at radius 3 is 2.63 bits per heavy atom. The molecule has 8 heteroatoms. The predicted octanol–water partition coefficient (Wildman–Crippen LogP) is -0.0681. The number of benzene rings is 1. The van der Waals surface area contributed by atoms with Crippen molar-refractivity contribution in [3.63, 3.8) is 0 Å². The van der Waals surface area contributed by atoms with Crippen LogP contribution in [0.2, 0.25) is 0 Å². The van der Waals surface area contributed by atoms with E-state index in [1.165, 1.54) is 6.07 Å². The number of hydrogen-bond donors (Lipinski definition) is 3. The molecule has 0 aliphatic carbocycles. The number of anilines is 2. The van der Waals surface area contributed by atoms with Gasteiger partial charge in [0.1, 0.15) is 5.69 Å². The van der Waals surface area contributed by atoms with Gasteiger partial charge in [0.15, 0.2) is 5.82 Å². The third-order valence-corrected chi connectivity index (χ3v) is 2.38. The molecule has 0 aliphatic rings. The number of nitrogens with zero attached hydrogens (tertiary/aromatic N) is 2. The van der Waals surface area contributed by atoms with Crippen LogP contribution in [0.15, 0.2) is 28.9 Å². The topological polar surface area (TPSA) is 137 Å². The van der Waals surface area contributed by atoms with E-state index in [0.29, 0.717) is 5.69 Å². The number of aromatic nitrogens is 2. The molecule has 0 radical (unpaired) electrons. The average Bonchev–Trinajstić information content (AvgIpc) is 2.75. The third-order valence-electron chi connectivity index (χ3n) is 2.38. The highest BCUT2D eigenvalue weighted by atomic mass is 16.6. The molecule has 0 spiro atoms. The van der Waals surface area contributed by atoms with Crippen molar-refractivity contribution >= 4 is 23.3 Å². The summed E-state index contributed by atoms with van der Waals surface area (Å²) >= 11 is 0. The van der Waals surface area contributed by atoms with Crippen molar-refractivity contribution < 1.29 is 14.2 Å². The number of amides is 2. The van der Waals surface area contributed by atoms with Crippen molar-refractivity contribution in [1.82, 2.24) is 10.3 Å². The molecule has 0 saturated heterocycles. The summed E-state index contributed by atoms with van der Waals surface area (Å²) < 4.78 is 4.38. The summed E-state index contributed by atoms with van der Waals surface area (Å²) in [5.74, 6) is -0.979. The average molecular weight is 261 g/mol. The van der Waals surface area contributed by atoms with Gasteiger partial charge in [-0.3, -0.25) is 9.59 Å². The van der Waals surface area contributed by atoms with Crippen LogP contribution >= 0.6 is 0 Å². The van der Waals surface area contributed by atoms with Gasteiger partial charge in [0.2, 0.25) is 5.91 Å². The molecule has 98 valence electrons. The minimum absolute atomic E-state index is 0.0540. The summed E-state index contributed by atoms with van der Waals surface area (Å²) in [5, 5.41) is 9.40. The smallest absolute Gasteiger partial charge is 0.250 e. The zero-order valence-corrected chi connectivity index (χ0v) is 9.79. The van der Waals surface area contributed by atoms with Gasteiger partial charge < -0.3 is 16.8 Å². The van der Waals surface area contributed by atoms with E-state index in [1.54, 1.807) is 18.2 Å². The first-order valence-corrected chi connectivity index (χ1v) is 5.33. The predicted molar refractivity (Wildman–Crippen MR) is 66.0 cm³/mol. The number of nitrogens with two attached hydrogens (primary N) is 2. The highest BCUT2D eigenvalue weighted by molar-refractivity contribution is 6.03. The Hall–Kier alpha value is -2.90. The lowest BCUT2D eigenvalue weighted by atomic mass is 10.1. The molecular formula is C11H11N5O3. The van der Waals surface area contributed by atoms with Crippen molar-refractivity contribution in [3.05, 3.63) is 35.5 Å². The van der Waals surface area contributed by atoms with Gasteiger partial charge in [-0.25, -0.2) is 4.63 Å². The number of nitrogen functional groups attached to an aromatic ring is 1. The van der Waals surface area contributed by atoms with E-state index in [0.717, 1.165) is 0 Å². The molecular weight excluding hydrogens is 250 g/mol. The maximum atomic E-state index is 11.8. The van der Waals surface area contributed by atoms with Gasteiger partial charge in [-0.05, 0) is 17.3 Å².